The molecule has 3 aromatic heterocycles. The van der Waals surface area contributed by atoms with E-state index in [9.17, 15) is 0 Å². The van der Waals surface area contributed by atoms with Crippen LogP contribution in [0.1, 0.15) is 28.3 Å². The lowest BCUT2D eigenvalue weighted by molar-refractivity contribution is 0.359. The number of hydrogen-bond acceptors (Lipinski definition) is 3. The minimum atomic E-state index is 0.686. The van der Waals surface area contributed by atoms with E-state index in [1.165, 1.54) is 16.3 Å². The van der Waals surface area contributed by atoms with Crippen molar-refractivity contribution in [1.29, 1.82) is 0 Å². The van der Waals surface area contributed by atoms with Gasteiger partial charge < -0.3 is 14.7 Å². The summed E-state index contributed by atoms with van der Waals surface area (Å²) in [5, 5.41) is 2.53. The van der Waals surface area contributed by atoms with Gasteiger partial charge in [0.25, 0.3) is 0 Å². The first-order valence-corrected chi connectivity index (χ1v) is 12.6. The van der Waals surface area contributed by atoms with Crippen LogP contribution in [0.25, 0.3) is 63.2 Å². The Bertz CT molecular complexity index is 1850. The molecule has 0 spiro atoms. The molecule has 0 atom stereocenters. The number of rotatable bonds is 0. The van der Waals surface area contributed by atoms with Crippen molar-refractivity contribution >= 4 is 63.2 Å². The predicted octanol–water partition coefficient (Wildman–Crippen LogP) is 7.90. The van der Waals surface area contributed by atoms with E-state index in [1.54, 1.807) is 0 Å². The van der Waals surface area contributed by atoms with E-state index in [-0.39, 0.29) is 0 Å². The maximum absolute atomic E-state index is 5.54. The molecule has 3 aliphatic rings. The minimum absolute atomic E-state index is 0.686. The van der Waals surface area contributed by atoms with Gasteiger partial charge in [-0.2, -0.15) is 0 Å². The lowest BCUT2D eigenvalue weighted by Crippen LogP contribution is -2.00. The van der Waals surface area contributed by atoms with Crippen molar-refractivity contribution in [2.45, 2.75) is 0 Å². The largest absolute Gasteiger partial charge is 0.489 e. The number of benzene rings is 2. The number of aromatic amines is 2. The van der Waals surface area contributed by atoms with E-state index in [1.807, 2.05) is 48.6 Å². The molecule has 38 heavy (non-hydrogen) atoms. The fourth-order valence-corrected chi connectivity index (χ4v) is 4.82. The molecule has 182 valence electrons. The third-order valence-electron chi connectivity index (χ3n) is 6.59. The molecule has 8 rings (SSSR count). The summed E-state index contributed by atoms with van der Waals surface area (Å²) in [6.45, 7) is 0.686. The van der Waals surface area contributed by atoms with Crippen molar-refractivity contribution in [3.63, 3.8) is 0 Å². The Labute approximate surface area is 219 Å². The lowest BCUT2D eigenvalue weighted by Gasteiger charge is -2.14. The number of aromatic nitrogens is 4. The molecule has 0 radical (unpaired) electrons. The van der Waals surface area contributed by atoms with E-state index in [0.717, 1.165) is 50.6 Å². The molecule has 0 amide bonds. The third kappa shape index (κ3) is 4.53. The topological polar surface area (TPSA) is 66.6 Å². The molecule has 0 fully saturated rings. The zero-order valence-corrected chi connectivity index (χ0v) is 20.6. The highest BCUT2D eigenvalue weighted by Crippen LogP contribution is 2.31. The van der Waals surface area contributed by atoms with Crippen LogP contribution in [0.5, 0.6) is 5.75 Å². The first-order chi connectivity index (χ1) is 18.7. The summed E-state index contributed by atoms with van der Waals surface area (Å²) in [5.74, 6) is 0.992. The Morgan fingerprint density at radius 3 is 1.79 bits per heavy atom. The number of nitrogens with zero attached hydrogens (tertiary/aromatic N) is 2. The minimum Gasteiger partial charge on any atom is -0.489 e. The van der Waals surface area contributed by atoms with Crippen LogP contribution >= 0.6 is 0 Å². The highest BCUT2D eigenvalue weighted by molar-refractivity contribution is 5.93. The maximum Gasteiger partial charge on any atom is 0.127 e. The van der Waals surface area contributed by atoms with Crippen molar-refractivity contribution in [3.05, 3.63) is 119 Å². The molecule has 0 saturated heterocycles. The second kappa shape index (κ2) is 9.37. The molecule has 6 heterocycles. The van der Waals surface area contributed by atoms with Crippen LogP contribution in [0.2, 0.25) is 0 Å². The van der Waals surface area contributed by atoms with Crippen LogP contribution in [0.3, 0.4) is 0 Å². The first-order valence-electron chi connectivity index (χ1n) is 12.6. The van der Waals surface area contributed by atoms with Crippen molar-refractivity contribution in [1.82, 2.24) is 19.9 Å². The van der Waals surface area contributed by atoms with E-state index < -0.39 is 0 Å². The average Bonchev–Trinajstić information content (AvgIpc) is 3.76. The van der Waals surface area contributed by atoms with Crippen molar-refractivity contribution < 1.29 is 4.74 Å². The molecule has 5 aromatic rings. The number of fused-ring (bicyclic) bond motifs is 11. The zero-order valence-electron chi connectivity index (χ0n) is 20.6. The fraction of sp³-hybridized carbons (Fsp3) is 0.0303. The van der Waals surface area contributed by atoms with Gasteiger partial charge in [-0.1, -0.05) is 36.4 Å². The zero-order chi connectivity index (χ0) is 25.3. The second-order valence-electron chi connectivity index (χ2n) is 9.32. The molecule has 8 bridgehead atoms. The normalized spacial score (nSPS) is 13.1. The summed E-state index contributed by atoms with van der Waals surface area (Å²) >= 11 is 0. The van der Waals surface area contributed by atoms with Crippen LogP contribution in [0.15, 0.2) is 91.0 Å². The van der Waals surface area contributed by atoms with E-state index in [2.05, 4.69) is 92.8 Å². The SMILES string of the molecule is C1=Cc2c(ccc3ccccc23)OC1.C1=Cc2cc3ccc(cc4ccc(cc5nc(cc1n2)C=C5)[nH]4)[nH]3. The van der Waals surface area contributed by atoms with Gasteiger partial charge in [-0.25, -0.2) is 9.97 Å². The number of hydrogen-bond donors (Lipinski definition) is 2. The summed E-state index contributed by atoms with van der Waals surface area (Å²) in [5.41, 5.74) is 9.06. The van der Waals surface area contributed by atoms with Crippen LogP contribution in [0, 0.1) is 0 Å². The van der Waals surface area contributed by atoms with E-state index in [0.29, 0.717) is 6.61 Å². The second-order valence-corrected chi connectivity index (χ2v) is 9.32. The number of nitrogens with one attached hydrogen (secondary N) is 2. The summed E-state index contributed by atoms with van der Waals surface area (Å²) in [6.07, 6.45) is 12.2. The molecule has 2 N–H and O–H groups in total. The van der Waals surface area contributed by atoms with Crippen molar-refractivity contribution in [3.8, 4) is 5.75 Å². The Hall–Kier alpha value is -5.16. The summed E-state index contributed by atoms with van der Waals surface area (Å²) in [7, 11) is 0. The van der Waals surface area contributed by atoms with Gasteiger partial charge in [-0.3, -0.25) is 0 Å². The van der Waals surface area contributed by atoms with Crippen LogP contribution in [0.4, 0.5) is 0 Å². The van der Waals surface area contributed by atoms with Gasteiger partial charge in [0.2, 0.25) is 0 Å². The number of ether oxygens (including phenoxy) is 1. The van der Waals surface area contributed by atoms with Gasteiger partial charge in [-0.05, 0) is 95.7 Å². The molecule has 0 unspecified atom stereocenters. The van der Waals surface area contributed by atoms with Gasteiger partial charge in [0.15, 0.2) is 0 Å². The first kappa shape index (κ1) is 22.1. The summed E-state index contributed by atoms with van der Waals surface area (Å²) < 4.78 is 5.54. The van der Waals surface area contributed by atoms with E-state index in [4.69, 9.17) is 4.74 Å². The smallest absolute Gasteiger partial charge is 0.127 e. The Kier molecular flexibility index (Phi) is 5.44. The van der Waals surface area contributed by atoms with Gasteiger partial charge in [-0.15, -0.1) is 0 Å². The van der Waals surface area contributed by atoms with Gasteiger partial charge >= 0.3 is 0 Å². The molecular weight excluding hydrogens is 468 g/mol. The van der Waals surface area contributed by atoms with Crippen LogP contribution in [-0.4, -0.2) is 26.5 Å². The highest BCUT2D eigenvalue weighted by Gasteiger charge is 2.08. The molecule has 2 aromatic carbocycles. The number of H-pyrrole nitrogens is 2. The average molecular weight is 493 g/mol. The quantitative estimate of drug-likeness (QED) is 0.226. The molecule has 3 aliphatic heterocycles. The van der Waals surface area contributed by atoms with Gasteiger partial charge in [0.1, 0.15) is 12.4 Å². The van der Waals surface area contributed by atoms with Crippen LogP contribution in [-0.2, 0) is 0 Å². The third-order valence-corrected chi connectivity index (χ3v) is 6.59. The van der Waals surface area contributed by atoms with Gasteiger partial charge in [0, 0.05) is 27.6 Å². The Balaban J connectivity index is 0.000000147. The van der Waals surface area contributed by atoms with Crippen molar-refractivity contribution in [2.24, 2.45) is 0 Å². The standard InChI is InChI=1S/C20H14N4.C13H10O/c1-2-14-10-16-5-6-18(23-16)12-20-8-7-19(24-20)11-17-4-3-15(22-17)9-13(1)21-14;1-2-5-11-10(4-1)7-8-13-12(11)6-3-9-14-13/h1-12,21-22H;1-8H,9H2. The predicted molar refractivity (Wildman–Crippen MR) is 157 cm³/mol. The Morgan fingerprint density at radius 1 is 0.553 bits per heavy atom. The Morgan fingerprint density at radius 2 is 1.13 bits per heavy atom. The van der Waals surface area contributed by atoms with E-state index >= 15 is 0 Å². The molecule has 0 aliphatic carbocycles. The van der Waals surface area contributed by atoms with Crippen molar-refractivity contribution in [2.75, 3.05) is 6.61 Å². The molecule has 5 heteroatoms. The summed E-state index contributed by atoms with van der Waals surface area (Å²) in [6, 6.07) is 28.9. The highest BCUT2D eigenvalue weighted by atomic mass is 16.5. The maximum atomic E-state index is 5.54. The van der Waals surface area contributed by atoms with Gasteiger partial charge in [0.05, 0.1) is 22.8 Å². The molecule has 5 nitrogen and oxygen atoms in total. The van der Waals surface area contributed by atoms with Crippen LogP contribution < -0.4 is 4.74 Å². The fourth-order valence-electron chi connectivity index (χ4n) is 4.82. The molecular formula is C33H24N4O. The lowest BCUT2D eigenvalue weighted by atomic mass is 10.0. The summed E-state index contributed by atoms with van der Waals surface area (Å²) in [4.78, 5) is 16.0. The monoisotopic (exact) mass is 492 g/mol. The molecule has 0 saturated carbocycles.